The Morgan fingerprint density at radius 3 is 2.46 bits per heavy atom. The Kier molecular flexibility index (Phi) is 5.61. The van der Waals surface area contributed by atoms with Crippen LogP contribution in [0.5, 0.6) is 11.5 Å². The maximum absolute atomic E-state index is 12.5. The molecule has 0 saturated carbocycles. The molecule has 0 fully saturated rings. The molecule has 124 valence electrons. The lowest BCUT2D eigenvalue weighted by atomic mass is 10.2. The molecule has 0 aliphatic rings. The van der Waals surface area contributed by atoms with Gasteiger partial charge in [0, 0.05) is 0 Å². The number of rotatable bonds is 6. The molecule has 0 aromatic heterocycles. The van der Waals surface area contributed by atoms with Crippen LogP contribution < -0.4 is 9.47 Å². The highest BCUT2D eigenvalue weighted by Crippen LogP contribution is 2.30. The van der Waals surface area contributed by atoms with Crippen molar-refractivity contribution in [3.05, 3.63) is 59.0 Å². The van der Waals surface area contributed by atoms with E-state index in [2.05, 4.69) is 0 Å². The molecule has 0 unspecified atom stereocenters. The predicted octanol–water partition coefficient (Wildman–Crippen LogP) is 3.43. The molecule has 0 radical (unpaired) electrons. The molecule has 24 heavy (non-hydrogen) atoms. The third-order valence-corrected chi connectivity index (χ3v) is 4.92. The van der Waals surface area contributed by atoms with Gasteiger partial charge in [-0.25, -0.2) is 8.42 Å². The van der Waals surface area contributed by atoms with Crippen molar-refractivity contribution in [3.8, 4) is 17.6 Å². The highest BCUT2D eigenvalue weighted by atomic mass is 32.2. The Balaban J connectivity index is 2.47. The number of benzene rings is 2. The molecule has 0 N–H and O–H groups in total. The van der Waals surface area contributed by atoms with Crippen LogP contribution in [0.3, 0.4) is 0 Å². The van der Waals surface area contributed by atoms with E-state index in [9.17, 15) is 13.7 Å². The molecule has 5 nitrogen and oxygen atoms in total. The normalized spacial score (nSPS) is 11.6. The highest BCUT2D eigenvalue weighted by Gasteiger charge is 2.20. The van der Waals surface area contributed by atoms with Crippen molar-refractivity contribution in [1.29, 1.82) is 5.26 Å². The van der Waals surface area contributed by atoms with Crippen LogP contribution in [-0.4, -0.2) is 22.1 Å². The molecule has 0 aliphatic heterocycles. The summed E-state index contributed by atoms with van der Waals surface area (Å²) >= 11 is 0. The zero-order valence-electron chi connectivity index (χ0n) is 13.4. The number of hydrogen-bond acceptors (Lipinski definition) is 5. The zero-order valence-corrected chi connectivity index (χ0v) is 14.2. The third-order valence-electron chi connectivity index (χ3n) is 3.24. The first-order valence-corrected chi connectivity index (χ1v) is 8.74. The minimum absolute atomic E-state index is 0.0794. The Labute approximate surface area is 141 Å². The van der Waals surface area contributed by atoms with Crippen LogP contribution in [0.4, 0.5) is 0 Å². The summed E-state index contributed by atoms with van der Waals surface area (Å²) < 4.78 is 35.7. The summed E-state index contributed by atoms with van der Waals surface area (Å²) in [6, 6.07) is 14.6. The van der Waals surface area contributed by atoms with Gasteiger partial charge in [0.1, 0.15) is 11.0 Å². The summed E-state index contributed by atoms with van der Waals surface area (Å²) in [7, 11) is -2.36. The van der Waals surface area contributed by atoms with Gasteiger partial charge in [-0.05, 0) is 42.8 Å². The second kappa shape index (κ2) is 7.66. The Morgan fingerprint density at radius 2 is 1.88 bits per heavy atom. The number of ether oxygens (including phenoxy) is 2. The predicted molar refractivity (Wildman–Crippen MR) is 91.4 cm³/mol. The van der Waals surface area contributed by atoms with Gasteiger partial charge >= 0.3 is 0 Å². The zero-order chi connectivity index (χ0) is 17.6. The first-order valence-electron chi connectivity index (χ1n) is 7.25. The summed E-state index contributed by atoms with van der Waals surface area (Å²) in [6.45, 7) is 2.34. The van der Waals surface area contributed by atoms with Gasteiger partial charge in [-0.1, -0.05) is 24.3 Å². The minimum Gasteiger partial charge on any atom is -0.493 e. The lowest BCUT2D eigenvalue weighted by Gasteiger charge is -2.10. The number of methoxy groups -OCH3 is 1. The standard InChI is InChI=1S/C18H17NO4S/c1-3-23-17-10-9-14(12-18(17)22-2)11-16(13-19)24(20,21)15-7-5-4-6-8-15/h4-12H,3H2,1-2H3/b16-11+. The molecule has 0 aliphatic carbocycles. The molecule has 0 saturated heterocycles. The number of hydrogen-bond donors (Lipinski definition) is 0. The summed E-state index contributed by atoms with van der Waals surface area (Å²) in [4.78, 5) is -0.254. The second-order valence-corrected chi connectivity index (χ2v) is 6.70. The van der Waals surface area contributed by atoms with Crippen molar-refractivity contribution in [2.45, 2.75) is 11.8 Å². The number of allylic oxidation sites excluding steroid dienone is 1. The largest absolute Gasteiger partial charge is 0.493 e. The van der Waals surface area contributed by atoms with Gasteiger partial charge in [-0.2, -0.15) is 5.26 Å². The molecule has 0 heterocycles. The molecular weight excluding hydrogens is 326 g/mol. The third kappa shape index (κ3) is 3.76. The molecule has 0 bridgehead atoms. The van der Waals surface area contributed by atoms with Crippen LogP contribution in [0.25, 0.3) is 6.08 Å². The summed E-state index contributed by atoms with van der Waals surface area (Å²) in [5.74, 6) is 1.03. The fourth-order valence-corrected chi connectivity index (χ4v) is 3.28. The van der Waals surface area contributed by atoms with Crippen LogP contribution >= 0.6 is 0 Å². The highest BCUT2D eigenvalue weighted by molar-refractivity contribution is 7.95. The molecular formula is C18H17NO4S. The molecule has 2 aromatic carbocycles. The smallest absolute Gasteiger partial charge is 0.216 e. The van der Waals surface area contributed by atoms with E-state index < -0.39 is 9.84 Å². The second-order valence-electron chi connectivity index (χ2n) is 4.78. The van der Waals surface area contributed by atoms with Gasteiger partial charge in [-0.15, -0.1) is 0 Å². The summed E-state index contributed by atoms with van der Waals surface area (Å²) in [6.07, 6.45) is 1.32. The van der Waals surface area contributed by atoms with Crippen molar-refractivity contribution in [2.24, 2.45) is 0 Å². The van der Waals surface area contributed by atoms with Crippen molar-refractivity contribution < 1.29 is 17.9 Å². The van der Waals surface area contributed by atoms with E-state index in [0.717, 1.165) is 0 Å². The van der Waals surface area contributed by atoms with Crippen LogP contribution in [0.2, 0.25) is 0 Å². The van der Waals surface area contributed by atoms with Crippen molar-refractivity contribution in [1.82, 2.24) is 0 Å². The van der Waals surface area contributed by atoms with Gasteiger partial charge < -0.3 is 9.47 Å². The quantitative estimate of drug-likeness (QED) is 0.751. The SMILES string of the molecule is CCOc1ccc(/C=C(\C#N)S(=O)(=O)c2ccccc2)cc1OC. The minimum atomic E-state index is -3.86. The maximum atomic E-state index is 12.5. The fourth-order valence-electron chi connectivity index (χ4n) is 2.10. The van der Waals surface area contributed by atoms with E-state index in [1.165, 1.54) is 25.3 Å². The molecule has 6 heteroatoms. The molecule has 2 aromatic rings. The van der Waals surface area contributed by atoms with E-state index in [1.807, 2.05) is 6.92 Å². The Morgan fingerprint density at radius 1 is 1.17 bits per heavy atom. The first kappa shape index (κ1) is 17.6. The molecule has 0 spiro atoms. The number of nitrogens with zero attached hydrogens (tertiary/aromatic N) is 1. The Hall–Kier alpha value is -2.78. The van der Waals surface area contributed by atoms with Crippen LogP contribution in [-0.2, 0) is 9.84 Å². The van der Waals surface area contributed by atoms with Crippen molar-refractivity contribution in [3.63, 3.8) is 0 Å². The number of nitriles is 1. The van der Waals surface area contributed by atoms with Gasteiger partial charge in [0.15, 0.2) is 11.5 Å². The monoisotopic (exact) mass is 343 g/mol. The topological polar surface area (TPSA) is 76.4 Å². The molecule has 0 atom stereocenters. The maximum Gasteiger partial charge on any atom is 0.216 e. The lowest BCUT2D eigenvalue weighted by molar-refractivity contribution is 0.311. The summed E-state index contributed by atoms with van der Waals surface area (Å²) in [5, 5.41) is 9.30. The van der Waals surface area contributed by atoms with Gasteiger partial charge in [0.25, 0.3) is 0 Å². The van der Waals surface area contributed by atoms with Crippen LogP contribution in [0.15, 0.2) is 58.3 Å². The fraction of sp³-hybridized carbons (Fsp3) is 0.167. The van der Waals surface area contributed by atoms with Crippen molar-refractivity contribution >= 4 is 15.9 Å². The first-order chi connectivity index (χ1) is 11.5. The van der Waals surface area contributed by atoms with E-state index >= 15 is 0 Å². The van der Waals surface area contributed by atoms with Gasteiger partial charge in [0.2, 0.25) is 9.84 Å². The average Bonchev–Trinajstić information content (AvgIpc) is 2.61. The van der Waals surface area contributed by atoms with Crippen molar-refractivity contribution in [2.75, 3.05) is 13.7 Å². The lowest BCUT2D eigenvalue weighted by Crippen LogP contribution is -2.03. The van der Waals surface area contributed by atoms with Gasteiger partial charge in [0.05, 0.1) is 18.6 Å². The van der Waals surface area contributed by atoms with Gasteiger partial charge in [-0.3, -0.25) is 0 Å². The molecule has 2 rings (SSSR count). The van der Waals surface area contributed by atoms with Crippen LogP contribution in [0, 0.1) is 11.3 Å². The molecule has 0 amide bonds. The number of sulfone groups is 1. The van der Waals surface area contributed by atoms with Crippen LogP contribution in [0.1, 0.15) is 12.5 Å². The Bertz CT molecular complexity index is 881. The summed E-state index contributed by atoms with van der Waals surface area (Å²) in [5.41, 5.74) is 0.534. The average molecular weight is 343 g/mol. The van der Waals surface area contributed by atoms with E-state index in [1.54, 1.807) is 42.5 Å². The van der Waals surface area contributed by atoms with E-state index in [0.29, 0.717) is 23.7 Å². The van der Waals surface area contributed by atoms with E-state index in [4.69, 9.17) is 9.47 Å². The van der Waals surface area contributed by atoms with E-state index in [-0.39, 0.29) is 9.80 Å².